The van der Waals surface area contributed by atoms with Crippen LogP contribution in [0, 0.1) is 5.92 Å². The van der Waals surface area contributed by atoms with E-state index in [-0.39, 0.29) is 36.1 Å². The molecular formula is C22H25N3O3. The van der Waals surface area contributed by atoms with Crippen molar-refractivity contribution < 1.29 is 9.59 Å². The Kier molecular flexibility index (Phi) is 5.28. The number of benzene rings is 1. The van der Waals surface area contributed by atoms with Crippen molar-refractivity contribution in [2.45, 2.75) is 38.3 Å². The lowest BCUT2D eigenvalue weighted by molar-refractivity contribution is -0.136. The molecule has 146 valence electrons. The molecule has 2 aromatic rings. The Morgan fingerprint density at radius 2 is 1.79 bits per heavy atom. The summed E-state index contributed by atoms with van der Waals surface area (Å²) in [5, 5.41) is 2.87. The van der Waals surface area contributed by atoms with Crippen molar-refractivity contribution in [1.29, 1.82) is 0 Å². The molecular weight excluding hydrogens is 354 g/mol. The van der Waals surface area contributed by atoms with Crippen LogP contribution in [0.5, 0.6) is 0 Å². The van der Waals surface area contributed by atoms with Gasteiger partial charge in [0.1, 0.15) is 0 Å². The molecule has 6 heteroatoms. The fourth-order valence-electron chi connectivity index (χ4n) is 4.36. The van der Waals surface area contributed by atoms with E-state index < -0.39 is 0 Å². The van der Waals surface area contributed by atoms with E-state index in [9.17, 15) is 14.4 Å². The molecule has 1 fully saturated rings. The van der Waals surface area contributed by atoms with Gasteiger partial charge < -0.3 is 14.8 Å². The monoisotopic (exact) mass is 379 g/mol. The number of piperidine rings is 1. The zero-order valence-corrected chi connectivity index (χ0v) is 15.8. The Labute approximate surface area is 164 Å². The standard InChI is InChI=1S/C22H25N3O3/c26-20(23-12-16-5-2-1-3-6-16)9-10-21(27)24-13-17-11-18(15-24)19-7-4-8-22(28)25(19)14-17/h1-8,17-18H,9-15H2,(H,23,26)/t17-,18-/m0/s1. The number of carbonyl (C=O) groups is 2. The lowest BCUT2D eigenvalue weighted by Gasteiger charge is -2.42. The summed E-state index contributed by atoms with van der Waals surface area (Å²) in [7, 11) is 0. The fraction of sp³-hybridized carbons (Fsp3) is 0.409. The molecule has 0 spiro atoms. The molecule has 2 bridgehead atoms. The second-order valence-electron chi connectivity index (χ2n) is 7.76. The summed E-state index contributed by atoms with van der Waals surface area (Å²) in [4.78, 5) is 38.7. The SMILES string of the molecule is O=C(CCC(=O)N1C[C@@H]2C[C@@H](C1)c1cccc(=O)n1C2)NCc1ccccc1. The van der Waals surface area contributed by atoms with Crippen molar-refractivity contribution in [3.05, 3.63) is 70.1 Å². The summed E-state index contributed by atoms with van der Waals surface area (Å²) >= 11 is 0. The number of hydrogen-bond acceptors (Lipinski definition) is 3. The van der Waals surface area contributed by atoms with E-state index in [1.165, 1.54) is 0 Å². The van der Waals surface area contributed by atoms with Crippen LogP contribution in [-0.4, -0.2) is 34.4 Å². The predicted molar refractivity (Wildman–Crippen MR) is 106 cm³/mol. The Morgan fingerprint density at radius 1 is 0.964 bits per heavy atom. The number of nitrogens with one attached hydrogen (secondary N) is 1. The van der Waals surface area contributed by atoms with E-state index in [1.54, 1.807) is 12.1 Å². The first-order valence-electron chi connectivity index (χ1n) is 9.88. The smallest absolute Gasteiger partial charge is 0.250 e. The van der Waals surface area contributed by atoms with Gasteiger partial charge in [-0.15, -0.1) is 0 Å². The van der Waals surface area contributed by atoms with E-state index in [1.807, 2.05) is 45.9 Å². The molecule has 1 aromatic carbocycles. The Bertz CT molecular complexity index is 922. The maximum atomic E-state index is 12.7. The zero-order chi connectivity index (χ0) is 19.5. The molecule has 1 saturated heterocycles. The fourth-order valence-corrected chi connectivity index (χ4v) is 4.36. The second-order valence-corrected chi connectivity index (χ2v) is 7.76. The third-order valence-corrected chi connectivity index (χ3v) is 5.73. The highest BCUT2D eigenvalue weighted by Gasteiger charge is 2.36. The van der Waals surface area contributed by atoms with Gasteiger partial charge in [0.2, 0.25) is 11.8 Å². The molecule has 2 aliphatic rings. The Hall–Kier alpha value is -2.89. The van der Waals surface area contributed by atoms with Gasteiger partial charge in [0, 0.05) is 56.7 Å². The van der Waals surface area contributed by atoms with Crippen molar-refractivity contribution in [2.24, 2.45) is 5.92 Å². The molecule has 0 saturated carbocycles. The number of fused-ring (bicyclic) bond motifs is 4. The largest absolute Gasteiger partial charge is 0.352 e. The van der Waals surface area contributed by atoms with Crippen LogP contribution in [-0.2, 0) is 22.7 Å². The number of aromatic nitrogens is 1. The molecule has 6 nitrogen and oxygen atoms in total. The summed E-state index contributed by atoms with van der Waals surface area (Å²) in [6, 6.07) is 15.1. The highest BCUT2D eigenvalue weighted by atomic mass is 16.2. The molecule has 2 aliphatic heterocycles. The van der Waals surface area contributed by atoms with E-state index in [4.69, 9.17) is 0 Å². The zero-order valence-electron chi connectivity index (χ0n) is 15.8. The van der Waals surface area contributed by atoms with Crippen LogP contribution in [0.2, 0.25) is 0 Å². The normalized spacial score (nSPS) is 20.4. The van der Waals surface area contributed by atoms with Crippen molar-refractivity contribution in [3.8, 4) is 0 Å². The van der Waals surface area contributed by atoms with Gasteiger partial charge in [0.05, 0.1) is 0 Å². The third kappa shape index (κ3) is 4.01. The van der Waals surface area contributed by atoms with Gasteiger partial charge in [0.25, 0.3) is 5.56 Å². The summed E-state index contributed by atoms with van der Waals surface area (Å²) < 4.78 is 1.86. The first-order chi connectivity index (χ1) is 13.6. The lowest BCUT2D eigenvalue weighted by atomic mass is 9.83. The highest BCUT2D eigenvalue weighted by molar-refractivity contribution is 5.83. The summed E-state index contributed by atoms with van der Waals surface area (Å²) in [6.45, 7) is 2.45. The van der Waals surface area contributed by atoms with Crippen LogP contribution in [0.1, 0.15) is 36.4 Å². The number of amides is 2. The van der Waals surface area contributed by atoms with Crippen LogP contribution in [0.15, 0.2) is 53.3 Å². The third-order valence-electron chi connectivity index (χ3n) is 5.73. The van der Waals surface area contributed by atoms with Gasteiger partial charge in [-0.3, -0.25) is 14.4 Å². The molecule has 0 aliphatic carbocycles. The number of likely N-dealkylation sites (tertiary alicyclic amines) is 1. The van der Waals surface area contributed by atoms with E-state index in [0.29, 0.717) is 32.1 Å². The van der Waals surface area contributed by atoms with Crippen molar-refractivity contribution in [2.75, 3.05) is 13.1 Å². The van der Waals surface area contributed by atoms with Gasteiger partial charge in [-0.25, -0.2) is 0 Å². The molecule has 0 unspecified atom stereocenters. The predicted octanol–water partition coefficient (Wildman–Crippen LogP) is 1.89. The minimum absolute atomic E-state index is 0.0243. The van der Waals surface area contributed by atoms with Crippen LogP contribution < -0.4 is 10.9 Å². The number of pyridine rings is 1. The number of nitrogens with zero attached hydrogens (tertiary/aromatic N) is 2. The van der Waals surface area contributed by atoms with Crippen molar-refractivity contribution >= 4 is 11.8 Å². The second kappa shape index (κ2) is 8.00. The molecule has 3 heterocycles. The van der Waals surface area contributed by atoms with Gasteiger partial charge >= 0.3 is 0 Å². The van der Waals surface area contributed by atoms with Crippen molar-refractivity contribution in [1.82, 2.24) is 14.8 Å². The quantitative estimate of drug-likeness (QED) is 0.862. The van der Waals surface area contributed by atoms with Gasteiger partial charge in [0.15, 0.2) is 0 Å². The molecule has 28 heavy (non-hydrogen) atoms. The molecule has 2 atom stereocenters. The van der Waals surface area contributed by atoms with Crippen LogP contribution in [0.25, 0.3) is 0 Å². The molecule has 1 aromatic heterocycles. The maximum absolute atomic E-state index is 12.7. The highest BCUT2D eigenvalue weighted by Crippen LogP contribution is 2.35. The first kappa shape index (κ1) is 18.5. The summed E-state index contributed by atoms with van der Waals surface area (Å²) in [6.07, 6.45) is 1.44. The lowest BCUT2D eigenvalue weighted by Crippen LogP contribution is -2.49. The topological polar surface area (TPSA) is 71.4 Å². The Balaban J connectivity index is 1.30. The van der Waals surface area contributed by atoms with E-state index >= 15 is 0 Å². The summed E-state index contributed by atoms with van der Waals surface area (Å²) in [5.41, 5.74) is 2.11. The molecule has 0 radical (unpaired) electrons. The van der Waals surface area contributed by atoms with Crippen LogP contribution in [0.3, 0.4) is 0 Å². The van der Waals surface area contributed by atoms with E-state index in [0.717, 1.165) is 17.7 Å². The van der Waals surface area contributed by atoms with E-state index in [2.05, 4.69) is 5.32 Å². The van der Waals surface area contributed by atoms with Gasteiger partial charge in [-0.2, -0.15) is 0 Å². The minimum Gasteiger partial charge on any atom is -0.352 e. The Morgan fingerprint density at radius 3 is 2.61 bits per heavy atom. The van der Waals surface area contributed by atoms with Gasteiger partial charge in [-0.1, -0.05) is 36.4 Å². The van der Waals surface area contributed by atoms with Crippen molar-refractivity contribution in [3.63, 3.8) is 0 Å². The maximum Gasteiger partial charge on any atom is 0.250 e. The average Bonchev–Trinajstić information content (AvgIpc) is 2.72. The molecule has 2 amide bonds. The molecule has 4 rings (SSSR count). The number of rotatable bonds is 5. The molecule has 1 N–H and O–H groups in total. The summed E-state index contributed by atoms with van der Waals surface area (Å²) in [5.74, 6) is 0.432. The number of carbonyl (C=O) groups excluding carboxylic acids is 2. The van der Waals surface area contributed by atoms with Crippen LogP contribution in [0.4, 0.5) is 0 Å². The van der Waals surface area contributed by atoms with Gasteiger partial charge in [-0.05, 0) is 24.0 Å². The number of hydrogen-bond donors (Lipinski definition) is 1. The minimum atomic E-state index is -0.105. The van der Waals surface area contributed by atoms with Crippen LogP contribution >= 0.6 is 0 Å². The first-order valence-corrected chi connectivity index (χ1v) is 9.88. The average molecular weight is 379 g/mol.